The van der Waals surface area contributed by atoms with Crippen LogP contribution in [0.5, 0.6) is 0 Å². The summed E-state index contributed by atoms with van der Waals surface area (Å²) in [6.45, 7) is 6.01. The van der Waals surface area contributed by atoms with Gasteiger partial charge in [-0.05, 0) is 57.2 Å². The molecule has 3 heterocycles. The lowest BCUT2D eigenvalue weighted by molar-refractivity contribution is 0.0936. The fourth-order valence-corrected chi connectivity index (χ4v) is 3.76. The summed E-state index contributed by atoms with van der Waals surface area (Å²) in [6.07, 6.45) is 4.56. The van der Waals surface area contributed by atoms with Gasteiger partial charge in [-0.25, -0.2) is 4.68 Å². The van der Waals surface area contributed by atoms with Gasteiger partial charge in [-0.3, -0.25) is 9.59 Å². The predicted molar refractivity (Wildman–Crippen MR) is 106 cm³/mol. The highest BCUT2D eigenvalue weighted by molar-refractivity contribution is 5.92. The fourth-order valence-electron chi connectivity index (χ4n) is 3.76. The Bertz CT molecular complexity index is 933. The zero-order chi connectivity index (χ0) is 19.7. The van der Waals surface area contributed by atoms with Crippen molar-refractivity contribution >= 4 is 11.7 Å². The molecular formula is C20H26N6O2. The lowest BCUT2D eigenvalue weighted by atomic mass is 9.95. The molecule has 148 valence electrons. The van der Waals surface area contributed by atoms with Crippen molar-refractivity contribution < 1.29 is 4.79 Å². The third-order valence-electron chi connectivity index (χ3n) is 5.44. The number of fused-ring (bicyclic) bond motifs is 1. The molecule has 0 spiro atoms. The van der Waals surface area contributed by atoms with Crippen LogP contribution < -0.4 is 15.8 Å². The predicted octanol–water partition coefficient (Wildman–Crippen LogP) is 1.36. The number of anilines is 1. The van der Waals surface area contributed by atoms with Crippen molar-refractivity contribution in [3.8, 4) is 0 Å². The molecule has 28 heavy (non-hydrogen) atoms. The van der Waals surface area contributed by atoms with Crippen LogP contribution in [0, 0.1) is 5.92 Å². The number of hydrogen-bond donors (Lipinski definition) is 1. The van der Waals surface area contributed by atoms with Gasteiger partial charge in [0.25, 0.3) is 11.5 Å². The van der Waals surface area contributed by atoms with Gasteiger partial charge in [0.05, 0.1) is 11.7 Å². The first-order valence-corrected chi connectivity index (χ1v) is 10.00. The Labute approximate surface area is 164 Å². The van der Waals surface area contributed by atoms with E-state index >= 15 is 0 Å². The summed E-state index contributed by atoms with van der Waals surface area (Å²) in [6, 6.07) is 4.96. The zero-order valence-electron chi connectivity index (χ0n) is 16.4. The molecule has 0 bridgehead atoms. The van der Waals surface area contributed by atoms with Crippen molar-refractivity contribution in [2.75, 3.05) is 24.5 Å². The molecule has 0 saturated carbocycles. The molecule has 1 saturated heterocycles. The number of amides is 1. The van der Waals surface area contributed by atoms with Crippen LogP contribution in [0.1, 0.15) is 54.5 Å². The molecule has 8 nitrogen and oxygen atoms in total. The van der Waals surface area contributed by atoms with Gasteiger partial charge in [0, 0.05) is 31.6 Å². The maximum absolute atomic E-state index is 12.4. The molecule has 0 aromatic carbocycles. The molecule has 0 radical (unpaired) electrons. The minimum Gasteiger partial charge on any atom is -0.354 e. The van der Waals surface area contributed by atoms with Crippen molar-refractivity contribution in [2.24, 2.45) is 5.92 Å². The maximum atomic E-state index is 12.4. The fraction of sp³-hybridized carbons (Fsp3) is 0.550. The highest BCUT2D eigenvalue weighted by Crippen LogP contribution is 2.26. The third-order valence-corrected chi connectivity index (χ3v) is 5.44. The molecule has 2 aromatic rings. The van der Waals surface area contributed by atoms with Crippen molar-refractivity contribution in [1.29, 1.82) is 0 Å². The number of nitrogens with zero attached hydrogens (tertiary/aromatic N) is 5. The lowest BCUT2D eigenvalue weighted by Crippen LogP contribution is -2.52. The number of hydrogen-bond acceptors (Lipinski definition) is 6. The molecule has 1 aliphatic heterocycles. The summed E-state index contributed by atoms with van der Waals surface area (Å²) in [5.41, 5.74) is 2.55. The van der Waals surface area contributed by atoms with E-state index in [2.05, 4.69) is 31.6 Å². The van der Waals surface area contributed by atoms with Crippen LogP contribution in [0.3, 0.4) is 0 Å². The first-order chi connectivity index (χ1) is 13.5. The first-order valence-electron chi connectivity index (χ1n) is 10.00. The number of carbonyl (C=O) groups excluding carboxylic acids is 1. The minimum atomic E-state index is -0.249. The Morgan fingerprint density at radius 2 is 2.00 bits per heavy atom. The van der Waals surface area contributed by atoms with E-state index in [1.807, 2.05) is 13.8 Å². The first kappa shape index (κ1) is 18.6. The molecular weight excluding hydrogens is 356 g/mol. The molecule has 1 amide bonds. The van der Waals surface area contributed by atoms with Crippen LogP contribution in [0.2, 0.25) is 0 Å². The summed E-state index contributed by atoms with van der Waals surface area (Å²) in [5.74, 6) is 1.06. The SMILES string of the molecule is CC(C)n1nc(C(=O)NCC2CN(c3cc4c(nn3)CCCC4)C2)ccc1=O. The highest BCUT2D eigenvalue weighted by atomic mass is 16.2. The standard InChI is InChI=1S/C20H26N6O2/c1-13(2)26-19(27)8-7-17(24-26)20(28)21-10-14-11-25(12-14)18-9-15-5-3-4-6-16(15)22-23-18/h7-9,13-14H,3-6,10-12H2,1-2H3,(H,21,28). The molecule has 8 heteroatoms. The normalized spacial score (nSPS) is 16.6. The number of aryl methyl sites for hydroxylation is 2. The maximum Gasteiger partial charge on any atom is 0.271 e. The van der Waals surface area contributed by atoms with E-state index < -0.39 is 0 Å². The second kappa shape index (κ2) is 7.69. The Hall–Kier alpha value is -2.77. The van der Waals surface area contributed by atoms with Gasteiger partial charge in [0.15, 0.2) is 5.82 Å². The monoisotopic (exact) mass is 382 g/mol. The summed E-state index contributed by atoms with van der Waals surface area (Å²) < 4.78 is 1.33. The van der Waals surface area contributed by atoms with E-state index in [-0.39, 0.29) is 23.2 Å². The second-order valence-corrected chi connectivity index (χ2v) is 7.96. The van der Waals surface area contributed by atoms with Crippen LogP contribution in [-0.4, -0.2) is 45.5 Å². The summed E-state index contributed by atoms with van der Waals surface area (Å²) in [5, 5.41) is 15.9. The Morgan fingerprint density at radius 1 is 1.21 bits per heavy atom. The number of rotatable bonds is 5. The van der Waals surface area contributed by atoms with Crippen LogP contribution in [0.4, 0.5) is 5.82 Å². The minimum absolute atomic E-state index is 0.0850. The van der Waals surface area contributed by atoms with Crippen molar-refractivity contribution in [1.82, 2.24) is 25.3 Å². The molecule has 2 aliphatic rings. The highest BCUT2D eigenvalue weighted by Gasteiger charge is 2.29. The molecule has 1 fully saturated rings. The van der Waals surface area contributed by atoms with E-state index in [1.165, 1.54) is 35.2 Å². The summed E-state index contributed by atoms with van der Waals surface area (Å²) in [7, 11) is 0. The smallest absolute Gasteiger partial charge is 0.271 e. The Balaban J connectivity index is 1.30. The van der Waals surface area contributed by atoms with Crippen LogP contribution in [-0.2, 0) is 12.8 Å². The number of aromatic nitrogens is 4. The molecule has 2 aromatic heterocycles. The Morgan fingerprint density at radius 3 is 2.79 bits per heavy atom. The van der Waals surface area contributed by atoms with Crippen molar-refractivity contribution in [2.45, 2.75) is 45.6 Å². The quantitative estimate of drug-likeness (QED) is 0.839. The van der Waals surface area contributed by atoms with E-state index in [1.54, 1.807) is 0 Å². The van der Waals surface area contributed by atoms with Crippen LogP contribution in [0.25, 0.3) is 0 Å². The van der Waals surface area contributed by atoms with E-state index in [9.17, 15) is 9.59 Å². The average Bonchev–Trinajstić information content (AvgIpc) is 2.66. The van der Waals surface area contributed by atoms with Crippen LogP contribution in [0.15, 0.2) is 23.0 Å². The van der Waals surface area contributed by atoms with E-state index in [0.29, 0.717) is 12.5 Å². The summed E-state index contributed by atoms with van der Waals surface area (Å²) in [4.78, 5) is 26.3. The largest absolute Gasteiger partial charge is 0.354 e. The van der Waals surface area contributed by atoms with Gasteiger partial charge in [0.2, 0.25) is 0 Å². The van der Waals surface area contributed by atoms with Gasteiger partial charge in [-0.15, -0.1) is 5.10 Å². The van der Waals surface area contributed by atoms with E-state index in [0.717, 1.165) is 37.4 Å². The van der Waals surface area contributed by atoms with Gasteiger partial charge in [0.1, 0.15) is 5.69 Å². The third kappa shape index (κ3) is 3.76. The topological polar surface area (TPSA) is 93.0 Å². The van der Waals surface area contributed by atoms with E-state index in [4.69, 9.17) is 0 Å². The summed E-state index contributed by atoms with van der Waals surface area (Å²) >= 11 is 0. The number of carbonyl (C=O) groups is 1. The second-order valence-electron chi connectivity index (χ2n) is 7.96. The van der Waals surface area contributed by atoms with Crippen LogP contribution >= 0.6 is 0 Å². The molecule has 1 N–H and O–H groups in total. The van der Waals surface area contributed by atoms with Gasteiger partial charge in [-0.1, -0.05) is 0 Å². The van der Waals surface area contributed by atoms with Crippen molar-refractivity contribution in [3.63, 3.8) is 0 Å². The van der Waals surface area contributed by atoms with Gasteiger partial charge < -0.3 is 10.2 Å². The Kier molecular flexibility index (Phi) is 5.11. The average molecular weight is 382 g/mol. The van der Waals surface area contributed by atoms with Crippen molar-refractivity contribution in [3.05, 3.63) is 45.5 Å². The molecule has 0 unspecified atom stereocenters. The zero-order valence-corrected chi connectivity index (χ0v) is 16.4. The molecule has 1 aliphatic carbocycles. The lowest BCUT2D eigenvalue weighted by Gasteiger charge is -2.40. The van der Waals surface area contributed by atoms with Gasteiger partial charge >= 0.3 is 0 Å². The van der Waals surface area contributed by atoms with Gasteiger partial charge in [-0.2, -0.15) is 10.2 Å². The number of nitrogens with one attached hydrogen (secondary N) is 1. The molecule has 0 atom stereocenters. The molecule has 4 rings (SSSR count).